The van der Waals surface area contributed by atoms with Gasteiger partial charge in [0.1, 0.15) is 6.10 Å². The monoisotopic (exact) mass is 220 g/mol. The lowest BCUT2D eigenvalue weighted by atomic mass is 10.2. The number of aliphatic hydroxyl groups is 3. The number of hydrogen-bond acceptors (Lipinski definition) is 5. The zero-order chi connectivity index (χ0) is 11.7. The molecule has 88 valence electrons. The average Bonchev–Trinajstić information content (AvgIpc) is 2.22. The van der Waals surface area contributed by atoms with E-state index in [1.165, 1.54) is 0 Å². The fourth-order valence-electron chi connectivity index (χ4n) is 0.833. The second-order valence-electron chi connectivity index (χ2n) is 2.81. The molecule has 0 saturated heterocycles. The fourth-order valence-corrected chi connectivity index (χ4v) is 0.833. The Balaban J connectivity index is 3.75. The molecule has 0 aliphatic heterocycles. The Morgan fingerprint density at radius 1 is 1.07 bits per heavy atom. The molecule has 0 aromatic heterocycles. The topological polar surface area (TPSA) is 119 Å². The van der Waals surface area contributed by atoms with Crippen molar-refractivity contribution in [3.8, 4) is 0 Å². The van der Waals surface area contributed by atoms with Gasteiger partial charge in [-0.05, 0) is 0 Å². The van der Waals surface area contributed by atoms with Gasteiger partial charge >= 0.3 is 0 Å². The molecule has 5 N–H and O–H groups in total. The van der Waals surface area contributed by atoms with E-state index in [0.717, 1.165) is 0 Å². The standard InChI is InChI=1S/C8H16N2O5/c11-3-1-9-7(14)5-6(13)8(15)10-2-4-12/h6,11-13H,1-5H2,(H,9,14)(H,10,15)/t6-/m0/s1. The molecular weight excluding hydrogens is 204 g/mol. The summed E-state index contributed by atoms with van der Waals surface area (Å²) in [6.07, 6.45) is -1.80. The summed E-state index contributed by atoms with van der Waals surface area (Å²) in [5, 5.41) is 30.5. The van der Waals surface area contributed by atoms with Crippen LogP contribution in [0.4, 0.5) is 0 Å². The van der Waals surface area contributed by atoms with Crippen LogP contribution in [0, 0.1) is 0 Å². The van der Waals surface area contributed by atoms with Crippen LogP contribution in [0.2, 0.25) is 0 Å². The predicted octanol–water partition coefficient (Wildman–Crippen LogP) is -3.05. The molecule has 0 rings (SSSR count). The summed E-state index contributed by atoms with van der Waals surface area (Å²) in [5.41, 5.74) is 0. The second-order valence-corrected chi connectivity index (χ2v) is 2.81. The highest BCUT2D eigenvalue weighted by molar-refractivity contribution is 5.87. The third-order valence-corrected chi connectivity index (χ3v) is 1.53. The Hall–Kier alpha value is -1.18. The van der Waals surface area contributed by atoms with Gasteiger partial charge in [-0.3, -0.25) is 9.59 Å². The number of nitrogens with one attached hydrogen (secondary N) is 2. The van der Waals surface area contributed by atoms with Crippen LogP contribution in [0.5, 0.6) is 0 Å². The Morgan fingerprint density at radius 2 is 1.60 bits per heavy atom. The van der Waals surface area contributed by atoms with Gasteiger partial charge < -0.3 is 26.0 Å². The molecule has 0 aromatic rings. The molecular formula is C8H16N2O5. The van der Waals surface area contributed by atoms with Crippen molar-refractivity contribution in [3.05, 3.63) is 0 Å². The van der Waals surface area contributed by atoms with Crippen LogP contribution in [-0.2, 0) is 9.59 Å². The maximum Gasteiger partial charge on any atom is 0.249 e. The number of carbonyl (C=O) groups excluding carboxylic acids is 2. The number of rotatable bonds is 7. The summed E-state index contributed by atoms with van der Waals surface area (Å²) in [5.74, 6) is -1.22. The van der Waals surface area contributed by atoms with Crippen LogP contribution in [-0.4, -0.2) is 59.5 Å². The summed E-state index contributed by atoms with van der Waals surface area (Å²) in [4.78, 5) is 22.0. The van der Waals surface area contributed by atoms with E-state index in [1.807, 2.05) is 0 Å². The third kappa shape index (κ3) is 6.83. The maximum atomic E-state index is 11.0. The van der Waals surface area contributed by atoms with Crippen molar-refractivity contribution >= 4 is 11.8 Å². The minimum atomic E-state index is -1.43. The van der Waals surface area contributed by atoms with E-state index in [-0.39, 0.29) is 32.7 Å². The molecule has 0 fully saturated rings. The maximum absolute atomic E-state index is 11.0. The molecule has 0 unspecified atom stereocenters. The van der Waals surface area contributed by atoms with Crippen molar-refractivity contribution in [3.63, 3.8) is 0 Å². The largest absolute Gasteiger partial charge is 0.395 e. The van der Waals surface area contributed by atoms with Crippen LogP contribution in [0.25, 0.3) is 0 Å². The first-order valence-corrected chi connectivity index (χ1v) is 4.56. The van der Waals surface area contributed by atoms with E-state index in [9.17, 15) is 14.7 Å². The molecule has 7 heteroatoms. The molecule has 0 saturated carbocycles. The van der Waals surface area contributed by atoms with Crippen molar-refractivity contribution in [1.82, 2.24) is 10.6 Å². The number of aliphatic hydroxyl groups excluding tert-OH is 3. The Labute approximate surface area is 87.1 Å². The zero-order valence-corrected chi connectivity index (χ0v) is 8.27. The first-order valence-electron chi connectivity index (χ1n) is 4.56. The Bertz CT molecular complexity index is 209. The van der Waals surface area contributed by atoms with Crippen LogP contribution >= 0.6 is 0 Å². The quantitative estimate of drug-likeness (QED) is 0.312. The van der Waals surface area contributed by atoms with Crippen molar-refractivity contribution in [2.24, 2.45) is 0 Å². The Morgan fingerprint density at radius 3 is 2.13 bits per heavy atom. The summed E-state index contributed by atoms with van der Waals surface area (Å²) in [6.45, 7) is -0.300. The lowest BCUT2D eigenvalue weighted by Gasteiger charge is -2.10. The van der Waals surface area contributed by atoms with Crippen LogP contribution < -0.4 is 10.6 Å². The molecule has 0 bridgehead atoms. The summed E-state index contributed by atoms with van der Waals surface area (Å²) < 4.78 is 0. The van der Waals surface area contributed by atoms with Crippen molar-refractivity contribution in [2.45, 2.75) is 12.5 Å². The number of hydrogen-bond donors (Lipinski definition) is 5. The van der Waals surface area contributed by atoms with Gasteiger partial charge in [-0.25, -0.2) is 0 Å². The van der Waals surface area contributed by atoms with Gasteiger partial charge in [-0.15, -0.1) is 0 Å². The zero-order valence-electron chi connectivity index (χ0n) is 8.27. The number of amides is 2. The lowest BCUT2D eigenvalue weighted by molar-refractivity contribution is -0.134. The van der Waals surface area contributed by atoms with Gasteiger partial charge in [-0.1, -0.05) is 0 Å². The first-order chi connectivity index (χ1) is 7.11. The van der Waals surface area contributed by atoms with Crippen molar-refractivity contribution < 1.29 is 24.9 Å². The van der Waals surface area contributed by atoms with E-state index >= 15 is 0 Å². The van der Waals surface area contributed by atoms with Crippen LogP contribution in [0.1, 0.15) is 6.42 Å². The van der Waals surface area contributed by atoms with E-state index in [4.69, 9.17) is 10.2 Å². The molecule has 2 amide bonds. The first kappa shape index (κ1) is 13.8. The molecule has 1 atom stereocenters. The van der Waals surface area contributed by atoms with Crippen molar-refractivity contribution in [1.29, 1.82) is 0 Å². The highest BCUT2D eigenvalue weighted by atomic mass is 16.3. The predicted molar refractivity (Wildman–Crippen MR) is 50.8 cm³/mol. The highest BCUT2D eigenvalue weighted by Crippen LogP contribution is 1.91. The SMILES string of the molecule is O=C(C[C@H](O)C(=O)NCCO)NCCO. The number of carbonyl (C=O) groups is 2. The summed E-state index contributed by atoms with van der Waals surface area (Å²) >= 11 is 0. The van der Waals surface area contributed by atoms with E-state index < -0.39 is 17.9 Å². The molecule has 15 heavy (non-hydrogen) atoms. The van der Waals surface area contributed by atoms with Crippen LogP contribution in [0.3, 0.4) is 0 Å². The minimum Gasteiger partial charge on any atom is -0.395 e. The van der Waals surface area contributed by atoms with Gasteiger partial charge in [0.15, 0.2) is 0 Å². The molecule has 7 nitrogen and oxygen atoms in total. The molecule has 0 heterocycles. The molecule has 0 aliphatic carbocycles. The van der Waals surface area contributed by atoms with Crippen molar-refractivity contribution in [2.75, 3.05) is 26.3 Å². The van der Waals surface area contributed by atoms with Gasteiger partial charge in [0.25, 0.3) is 0 Å². The average molecular weight is 220 g/mol. The third-order valence-electron chi connectivity index (χ3n) is 1.53. The second kappa shape index (κ2) is 8.16. The summed E-state index contributed by atoms with van der Waals surface area (Å²) in [6, 6.07) is 0. The fraction of sp³-hybridized carbons (Fsp3) is 0.750. The van der Waals surface area contributed by atoms with Gasteiger partial charge in [-0.2, -0.15) is 0 Å². The summed E-state index contributed by atoms with van der Waals surface area (Å²) in [7, 11) is 0. The normalized spacial score (nSPS) is 11.9. The Kier molecular flexibility index (Phi) is 7.51. The van der Waals surface area contributed by atoms with Crippen LogP contribution in [0.15, 0.2) is 0 Å². The molecule has 0 aliphatic rings. The smallest absolute Gasteiger partial charge is 0.249 e. The van der Waals surface area contributed by atoms with Gasteiger partial charge in [0, 0.05) is 13.1 Å². The molecule has 0 radical (unpaired) electrons. The van der Waals surface area contributed by atoms with Gasteiger partial charge in [0.2, 0.25) is 11.8 Å². The highest BCUT2D eigenvalue weighted by Gasteiger charge is 2.17. The van der Waals surface area contributed by atoms with E-state index in [1.54, 1.807) is 0 Å². The molecule has 0 spiro atoms. The van der Waals surface area contributed by atoms with E-state index in [0.29, 0.717) is 0 Å². The lowest BCUT2D eigenvalue weighted by Crippen LogP contribution is -2.39. The van der Waals surface area contributed by atoms with E-state index in [2.05, 4.69) is 10.6 Å². The van der Waals surface area contributed by atoms with Gasteiger partial charge in [0.05, 0.1) is 19.6 Å². The minimum absolute atomic E-state index is 0.0359. The molecule has 0 aromatic carbocycles.